The summed E-state index contributed by atoms with van der Waals surface area (Å²) in [6.45, 7) is 1.87. The molecule has 0 radical (unpaired) electrons. The first-order valence-electron chi connectivity index (χ1n) is 5.47. The third-order valence-corrected chi connectivity index (χ3v) is 2.45. The number of hydrogen-bond donors (Lipinski definition) is 4. The molecule has 0 rings (SSSR count). The van der Waals surface area contributed by atoms with E-state index in [4.69, 9.17) is 15.6 Å². The van der Waals surface area contributed by atoms with Gasteiger partial charge < -0.3 is 20.9 Å². The van der Waals surface area contributed by atoms with Gasteiger partial charge in [-0.3, -0.25) is 9.59 Å². The molecule has 0 spiro atoms. The number of hydrogen-bond acceptors (Lipinski definition) is 6. The smallest absolute Gasteiger partial charge is 0.329 e. The lowest BCUT2D eigenvalue weighted by Crippen LogP contribution is -2.43. The van der Waals surface area contributed by atoms with Crippen molar-refractivity contribution in [2.75, 3.05) is 12.4 Å². The molecule has 2 atom stereocenters. The third kappa shape index (κ3) is 6.45. The fourth-order valence-corrected chi connectivity index (χ4v) is 1.34. The number of ether oxygens (including phenoxy) is 1. The second-order valence-electron chi connectivity index (χ2n) is 3.54. The fourth-order valence-electron chi connectivity index (χ4n) is 1.10. The molecule has 0 saturated carbocycles. The normalized spacial score (nSPS) is 13.5. The van der Waals surface area contributed by atoms with Gasteiger partial charge in [-0.15, -0.1) is 0 Å². The minimum absolute atomic E-state index is 0.00326. The van der Waals surface area contributed by atoms with E-state index in [1.165, 1.54) is 0 Å². The molecule has 0 fully saturated rings. The van der Waals surface area contributed by atoms with Crippen LogP contribution >= 0.6 is 12.6 Å². The summed E-state index contributed by atoms with van der Waals surface area (Å²) < 4.78 is 4.74. The summed E-state index contributed by atoms with van der Waals surface area (Å²) in [5.74, 6) is -2.09. The standard InChI is InChI=1S/C10H18N2O5S/c1-2-17-10(16)7(5-18)12-8(13)4-3-6(11)9(14)15/h6-7,18H,2-5,11H2,1H3,(H,12,13)(H,14,15)/t6-,7-/m0/s1/i5+1. The van der Waals surface area contributed by atoms with E-state index >= 15 is 0 Å². The van der Waals surface area contributed by atoms with Crippen LogP contribution in [-0.2, 0) is 19.1 Å². The maximum atomic E-state index is 11.4. The highest BCUT2D eigenvalue weighted by atomic mass is 32.1. The van der Waals surface area contributed by atoms with E-state index in [0.717, 1.165) is 0 Å². The average molecular weight is 279 g/mol. The quantitative estimate of drug-likeness (QED) is 0.261. The van der Waals surface area contributed by atoms with Gasteiger partial charge in [0, 0.05) is 12.2 Å². The van der Waals surface area contributed by atoms with E-state index in [1.807, 2.05) is 0 Å². The highest BCUT2D eigenvalue weighted by Gasteiger charge is 2.21. The Morgan fingerprint density at radius 2 is 2.06 bits per heavy atom. The first-order chi connectivity index (χ1) is 8.42. The van der Waals surface area contributed by atoms with E-state index in [9.17, 15) is 14.4 Å². The molecule has 0 unspecified atom stereocenters. The van der Waals surface area contributed by atoms with Crippen LogP contribution in [0.3, 0.4) is 0 Å². The Balaban J connectivity index is 4.12. The van der Waals surface area contributed by atoms with Crippen molar-refractivity contribution >= 4 is 30.5 Å². The zero-order chi connectivity index (χ0) is 14.1. The first kappa shape index (κ1) is 16.7. The van der Waals surface area contributed by atoms with Gasteiger partial charge in [-0.25, -0.2) is 4.79 Å². The molecule has 18 heavy (non-hydrogen) atoms. The molecule has 8 heteroatoms. The lowest BCUT2D eigenvalue weighted by atomic mass is 10.1. The highest BCUT2D eigenvalue weighted by Crippen LogP contribution is 1.98. The minimum atomic E-state index is -1.17. The number of carboxylic acid groups (broad SMARTS) is 1. The summed E-state index contributed by atoms with van der Waals surface area (Å²) in [7, 11) is 0. The van der Waals surface area contributed by atoms with Gasteiger partial charge in [-0.1, -0.05) is 0 Å². The molecule has 0 saturated heterocycles. The Kier molecular flexibility index (Phi) is 8.14. The summed E-state index contributed by atoms with van der Waals surface area (Å²) in [6.07, 6.45) is -0.0690. The Morgan fingerprint density at radius 1 is 1.44 bits per heavy atom. The van der Waals surface area contributed by atoms with Crippen LogP contribution in [0.5, 0.6) is 0 Å². The van der Waals surface area contributed by atoms with E-state index in [2.05, 4.69) is 17.9 Å². The third-order valence-electron chi connectivity index (χ3n) is 2.09. The lowest BCUT2D eigenvalue weighted by molar-refractivity contribution is -0.146. The van der Waals surface area contributed by atoms with Crippen molar-refractivity contribution in [1.82, 2.24) is 5.32 Å². The minimum Gasteiger partial charge on any atom is -0.480 e. The lowest BCUT2D eigenvalue weighted by Gasteiger charge is -2.15. The van der Waals surface area contributed by atoms with Gasteiger partial charge in [0.25, 0.3) is 0 Å². The zero-order valence-corrected chi connectivity index (χ0v) is 11.0. The Morgan fingerprint density at radius 3 is 2.50 bits per heavy atom. The predicted octanol–water partition coefficient (Wildman–Crippen LogP) is -0.844. The molecule has 0 aromatic rings. The molecular weight excluding hydrogens is 261 g/mol. The molecule has 0 heterocycles. The van der Waals surface area contributed by atoms with Crippen molar-refractivity contribution in [1.29, 1.82) is 0 Å². The molecule has 0 aliphatic rings. The number of thiol groups is 1. The topological polar surface area (TPSA) is 119 Å². The van der Waals surface area contributed by atoms with E-state index < -0.39 is 29.9 Å². The molecule has 0 aromatic carbocycles. The molecule has 0 aromatic heterocycles. The van der Waals surface area contributed by atoms with Crippen molar-refractivity contribution in [2.45, 2.75) is 31.8 Å². The number of nitrogens with two attached hydrogens (primary N) is 1. The largest absolute Gasteiger partial charge is 0.480 e. The predicted molar refractivity (Wildman–Crippen MR) is 67.3 cm³/mol. The van der Waals surface area contributed by atoms with Gasteiger partial charge in [0.1, 0.15) is 12.1 Å². The number of carbonyl (C=O) groups is 3. The van der Waals surface area contributed by atoms with Gasteiger partial charge in [0.05, 0.1) is 6.61 Å². The number of aliphatic carboxylic acids is 1. The molecule has 4 N–H and O–H groups in total. The molecule has 0 aliphatic carbocycles. The maximum absolute atomic E-state index is 11.4. The van der Waals surface area contributed by atoms with Gasteiger partial charge in [0.15, 0.2) is 0 Å². The van der Waals surface area contributed by atoms with Gasteiger partial charge in [-0.05, 0) is 13.3 Å². The van der Waals surface area contributed by atoms with Crippen LogP contribution in [0, 0.1) is 0 Å². The number of nitrogens with one attached hydrogen (secondary N) is 1. The SMILES string of the molecule is CCOC(=O)[C@H]([13CH2]S)NC(=O)CC[C@H](N)C(=O)O. The number of carboxylic acids is 1. The summed E-state index contributed by atoms with van der Waals surface area (Å²) in [5, 5.41) is 10.9. The molecule has 104 valence electrons. The van der Waals surface area contributed by atoms with E-state index in [-0.39, 0.29) is 25.2 Å². The van der Waals surface area contributed by atoms with E-state index in [1.54, 1.807) is 6.92 Å². The molecule has 0 aliphatic heterocycles. The first-order valence-corrected chi connectivity index (χ1v) is 6.10. The number of rotatable bonds is 8. The molecule has 0 bridgehead atoms. The Labute approximate surface area is 110 Å². The number of amides is 1. The van der Waals surface area contributed by atoms with Gasteiger partial charge >= 0.3 is 11.9 Å². The second-order valence-corrected chi connectivity index (χ2v) is 3.90. The van der Waals surface area contributed by atoms with Crippen molar-refractivity contribution in [2.24, 2.45) is 5.73 Å². The average Bonchev–Trinajstić information content (AvgIpc) is 2.32. The van der Waals surface area contributed by atoms with Gasteiger partial charge in [0.2, 0.25) is 5.91 Å². The summed E-state index contributed by atoms with van der Waals surface area (Å²) in [5.41, 5.74) is 5.25. The van der Waals surface area contributed by atoms with Crippen molar-refractivity contribution in [3.63, 3.8) is 0 Å². The Bertz CT molecular complexity index is 311. The molecule has 7 nitrogen and oxygen atoms in total. The van der Waals surface area contributed by atoms with Crippen molar-refractivity contribution < 1.29 is 24.2 Å². The van der Waals surface area contributed by atoms with Crippen LogP contribution in [-0.4, -0.2) is 47.4 Å². The summed E-state index contributed by atoms with van der Waals surface area (Å²) >= 11 is 3.93. The van der Waals surface area contributed by atoms with Crippen molar-refractivity contribution in [3.8, 4) is 0 Å². The van der Waals surface area contributed by atoms with Crippen LogP contribution < -0.4 is 11.1 Å². The summed E-state index contributed by atoms with van der Waals surface area (Å²) in [6, 6.07) is -1.92. The fraction of sp³-hybridized carbons (Fsp3) is 0.700. The Hall–Kier alpha value is -1.28. The van der Waals surface area contributed by atoms with Crippen molar-refractivity contribution in [3.05, 3.63) is 0 Å². The molecular formula is C10H18N2O5S. The number of esters is 1. The van der Waals surface area contributed by atoms with Crippen LogP contribution in [0.4, 0.5) is 0 Å². The van der Waals surface area contributed by atoms with Crippen LogP contribution in [0.2, 0.25) is 0 Å². The van der Waals surface area contributed by atoms with Gasteiger partial charge in [-0.2, -0.15) is 12.6 Å². The van der Waals surface area contributed by atoms with Crippen LogP contribution in [0.15, 0.2) is 0 Å². The maximum Gasteiger partial charge on any atom is 0.329 e. The highest BCUT2D eigenvalue weighted by molar-refractivity contribution is 7.80. The monoisotopic (exact) mass is 279 g/mol. The molecule has 1 amide bonds. The summed E-state index contributed by atoms with van der Waals surface area (Å²) in [4.78, 5) is 33.2. The van der Waals surface area contributed by atoms with E-state index in [0.29, 0.717) is 0 Å². The second kappa shape index (κ2) is 8.76. The van der Waals surface area contributed by atoms with Crippen LogP contribution in [0.1, 0.15) is 19.8 Å². The van der Waals surface area contributed by atoms with Crippen LogP contribution in [0.25, 0.3) is 0 Å². The zero-order valence-electron chi connectivity index (χ0n) is 10.1. The number of carbonyl (C=O) groups excluding carboxylic acids is 2.